The quantitative estimate of drug-likeness (QED) is 0.872. The number of nitrogens with zero attached hydrogens (tertiary/aromatic N) is 3. The maximum atomic E-state index is 9.46. The number of ether oxygens (including phenoxy) is 2. The van der Waals surface area contributed by atoms with Crippen LogP contribution in [0.3, 0.4) is 0 Å². The van der Waals surface area contributed by atoms with Crippen molar-refractivity contribution in [3.63, 3.8) is 0 Å². The molecule has 0 saturated carbocycles. The maximum Gasteiger partial charge on any atom is 0.130 e. The Kier molecular flexibility index (Phi) is 4.20. The standard InChI is InChI=1S/C18H21N3O2/c1-18(2)12-21(10-14(23-18)11-22-3)17-8-13(9-19)15-6-4-5-7-16(15)20-17/h4-8,14H,10-12H2,1-3H3. The molecule has 5 nitrogen and oxygen atoms in total. The predicted octanol–water partition coefficient (Wildman–Crippen LogP) is 2.74. The van der Waals surface area contributed by atoms with Gasteiger partial charge in [0.05, 0.1) is 35.5 Å². The molecule has 1 aromatic heterocycles. The summed E-state index contributed by atoms with van der Waals surface area (Å²) in [6, 6.07) is 11.9. The average Bonchev–Trinajstić information content (AvgIpc) is 2.52. The van der Waals surface area contributed by atoms with E-state index in [0.29, 0.717) is 18.7 Å². The smallest absolute Gasteiger partial charge is 0.130 e. The fourth-order valence-corrected chi connectivity index (χ4v) is 3.16. The summed E-state index contributed by atoms with van der Waals surface area (Å²) in [6.07, 6.45) is -0.0115. The van der Waals surface area contributed by atoms with Gasteiger partial charge in [-0.2, -0.15) is 5.26 Å². The molecule has 1 unspecified atom stereocenters. The molecule has 0 bridgehead atoms. The van der Waals surface area contributed by atoms with Crippen LogP contribution in [0.15, 0.2) is 30.3 Å². The van der Waals surface area contributed by atoms with Crippen LogP contribution in [-0.2, 0) is 9.47 Å². The third kappa shape index (κ3) is 3.29. The number of aromatic nitrogens is 1. The van der Waals surface area contributed by atoms with E-state index in [9.17, 15) is 5.26 Å². The highest BCUT2D eigenvalue weighted by Gasteiger charge is 2.34. The molecule has 0 aliphatic carbocycles. The van der Waals surface area contributed by atoms with Crippen molar-refractivity contribution in [1.82, 2.24) is 4.98 Å². The molecule has 1 atom stereocenters. The summed E-state index contributed by atoms with van der Waals surface area (Å²) in [6.45, 7) is 6.09. The Hall–Kier alpha value is -2.16. The first kappa shape index (κ1) is 15.7. The Bertz CT molecular complexity index is 752. The number of morpholine rings is 1. The van der Waals surface area contributed by atoms with Gasteiger partial charge in [-0.05, 0) is 26.0 Å². The summed E-state index contributed by atoms with van der Waals surface area (Å²) in [5.41, 5.74) is 1.20. The molecular weight excluding hydrogens is 290 g/mol. The number of para-hydroxylation sites is 1. The molecule has 0 radical (unpaired) electrons. The van der Waals surface area contributed by atoms with Crippen molar-refractivity contribution in [1.29, 1.82) is 5.26 Å². The van der Waals surface area contributed by atoms with Crippen LogP contribution >= 0.6 is 0 Å². The number of fused-ring (bicyclic) bond motifs is 1. The first-order valence-electron chi connectivity index (χ1n) is 7.74. The van der Waals surface area contributed by atoms with Gasteiger partial charge in [0, 0.05) is 25.6 Å². The molecule has 3 rings (SSSR count). The van der Waals surface area contributed by atoms with E-state index in [4.69, 9.17) is 14.5 Å². The van der Waals surface area contributed by atoms with Crippen molar-refractivity contribution in [2.45, 2.75) is 25.6 Å². The minimum Gasteiger partial charge on any atom is -0.382 e. The molecule has 1 aromatic carbocycles. The number of hydrogen-bond acceptors (Lipinski definition) is 5. The van der Waals surface area contributed by atoms with Crippen molar-refractivity contribution < 1.29 is 9.47 Å². The molecule has 1 aliphatic heterocycles. The van der Waals surface area contributed by atoms with Gasteiger partial charge in [-0.15, -0.1) is 0 Å². The van der Waals surface area contributed by atoms with Crippen LogP contribution in [0.2, 0.25) is 0 Å². The second-order valence-corrected chi connectivity index (χ2v) is 6.49. The van der Waals surface area contributed by atoms with Gasteiger partial charge in [0.15, 0.2) is 0 Å². The monoisotopic (exact) mass is 311 g/mol. The molecule has 23 heavy (non-hydrogen) atoms. The first-order chi connectivity index (χ1) is 11.0. The zero-order chi connectivity index (χ0) is 16.4. The average molecular weight is 311 g/mol. The van der Waals surface area contributed by atoms with Gasteiger partial charge in [-0.3, -0.25) is 0 Å². The highest BCUT2D eigenvalue weighted by atomic mass is 16.5. The molecule has 1 aliphatic rings. The fraction of sp³-hybridized carbons (Fsp3) is 0.444. The molecule has 120 valence electrons. The molecule has 2 aromatic rings. The first-order valence-corrected chi connectivity index (χ1v) is 7.74. The van der Waals surface area contributed by atoms with E-state index < -0.39 is 0 Å². The number of hydrogen-bond donors (Lipinski definition) is 0. The molecule has 0 N–H and O–H groups in total. The van der Waals surface area contributed by atoms with Crippen LogP contribution in [-0.4, -0.2) is 43.5 Å². The van der Waals surface area contributed by atoms with E-state index in [1.54, 1.807) is 7.11 Å². The van der Waals surface area contributed by atoms with Gasteiger partial charge >= 0.3 is 0 Å². The third-order valence-corrected chi connectivity index (χ3v) is 3.98. The van der Waals surface area contributed by atoms with Gasteiger partial charge in [0.1, 0.15) is 5.82 Å². The van der Waals surface area contributed by atoms with E-state index in [1.165, 1.54) is 0 Å². The Morgan fingerprint density at radius 1 is 1.43 bits per heavy atom. The van der Waals surface area contributed by atoms with Gasteiger partial charge in [-0.25, -0.2) is 4.98 Å². The molecule has 2 heterocycles. The van der Waals surface area contributed by atoms with Gasteiger partial charge in [-0.1, -0.05) is 18.2 Å². The summed E-state index contributed by atoms with van der Waals surface area (Å²) in [5, 5.41) is 10.3. The maximum absolute atomic E-state index is 9.46. The Balaban J connectivity index is 2.00. The lowest BCUT2D eigenvalue weighted by Crippen LogP contribution is -2.54. The molecule has 1 saturated heterocycles. The molecule has 0 spiro atoms. The number of benzene rings is 1. The van der Waals surface area contributed by atoms with E-state index in [1.807, 2.05) is 30.3 Å². The number of nitriles is 1. The van der Waals surface area contributed by atoms with Gasteiger partial charge in [0.2, 0.25) is 0 Å². The van der Waals surface area contributed by atoms with Crippen LogP contribution in [0.5, 0.6) is 0 Å². The summed E-state index contributed by atoms with van der Waals surface area (Å²) < 4.78 is 11.3. The summed E-state index contributed by atoms with van der Waals surface area (Å²) in [7, 11) is 1.68. The summed E-state index contributed by atoms with van der Waals surface area (Å²) in [5.74, 6) is 0.817. The van der Waals surface area contributed by atoms with Crippen molar-refractivity contribution in [3.8, 4) is 6.07 Å². The van der Waals surface area contributed by atoms with E-state index >= 15 is 0 Å². The second-order valence-electron chi connectivity index (χ2n) is 6.49. The lowest BCUT2D eigenvalue weighted by atomic mass is 10.0. The van der Waals surface area contributed by atoms with Gasteiger partial charge < -0.3 is 14.4 Å². The highest BCUT2D eigenvalue weighted by Crippen LogP contribution is 2.28. The number of anilines is 1. The minimum atomic E-state index is -0.290. The van der Waals surface area contributed by atoms with Crippen LogP contribution in [0, 0.1) is 11.3 Å². The molecule has 1 fully saturated rings. The normalized spacial score (nSPS) is 20.4. The summed E-state index contributed by atoms with van der Waals surface area (Å²) >= 11 is 0. The third-order valence-electron chi connectivity index (χ3n) is 3.98. The van der Waals surface area contributed by atoms with Crippen LogP contribution in [0.25, 0.3) is 10.9 Å². The highest BCUT2D eigenvalue weighted by molar-refractivity contribution is 5.86. The van der Waals surface area contributed by atoms with Crippen LogP contribution in [0.1, 0.15) is 19.4 Å². The molecule has 0 amide bonds. The second kappa shape index (κ2) is 6.15. The number of rotatable bonds is 3. The van der Waals surface area contributed by atoms with Crippen LogP contribution < -0.4 is 4.90 Å². The van der Waals surface area contributed by atoms with Crippen LogP contribution in [0.4, 0.5) is 5.82 Å². The topological polar surface area (TPSA) is 58.4 Å². The molecular formula is C18H21N3O2. The fourth-order valence-electron chi connectivity index (χ4n) is 3.16. The largest absolute Gasteiger partial charge is 0.382 e. The number of pyridine rings is 1. The Morgan fingerprint density at radius 2 is 2.22 bits per heavy atom. The van der Waals surface area contributed by atoms with Crippen molar-refractivity contribution in [3.05, 3.63) is 35.9 Å². The lowest BCUT2D eigenvalue weighted by molar-refractivity contribution is -0.106. The van der Waals surface area contributed by atoms with E-state index in [0.717, 1.165) is 23.3 Å². The minimum absolute atomic E-state index is 0.0115. The molecule has 5 heteroatoms. The Morgan fingerprint density at radius 3 is 2.96 bits per heavy atom. The van der Waals surface area contributed by atoms with Crippen molar-refractivity contribution in [2.75, 3.05) is 31.7 Å². The zero-order valence-corrected chi connectivity index (χ0v) is 13.7. The van der Waals surface area contributed by atoms with Crippen molar-refractivity contribution in [2.24, 2.45) is 0 Å². The predicted molar refractivity (Wildman–Crippen MR) is 89.5 cm³/mol. The number of methoxy groups -OCH3 is 1. The Labute approximate surface area is 136 Å². The zero-order valence-electron chi connectivity index (χ0n) is 13.7. The lowest BCUT2D eigenvalue weighted by Gasteiger charge is -2.43. The van der Waals surface area contributed by atoms with Gasteiger partial charge in [0.25, 0.3) is 0 Å². The van der Waals surface area contributed by atoms with E-state index in [2.05, 4.69) is 24.8 Å². The van der Waals surface area contributed by atoms with E-state index in [-0.39, 0.29) is 11.7 Å². The summed E-state index contributed by atoms with van der Waals surface area (Å²) in [4.78, 5) is 6.93. The van der Waals surface area contributed by atoms with Crippen molar-refractivity contribution >= 4 is 16.7 Å². The SMILES string of the molecule is COCC1CN(c2cc(C#N)c3ccccc3n2)CC(C)(C)O1.